The largest absolute Gasteiger partial charge is 0.314 e. The lowest BCUT2D eigenvalue weighted by Crippen LogP contribution is -2.62. The third-order valence-electron chi connectivity index (χ3n) is 5.79. The highest BCUT2D eigenvalue weighted by molar-refractivity contribution is 4.97. The molecule has 0 spiro atoms. The number of piperazine rings is 1. The molecule has 2 saturated heterocycles. The molecule has 4 rings (SSSR count). The van der Waals surface area contributed by atoms with E-state index < -0.39 is 0 Å². The zero-order chi connectivity index (χ0) is 11.2. The van der Waals surface area contributed by atoms with Gasteiger partial charge in [0.05, 0.1) is 0 Å². The molecule has 96 valence electrons. The molecule has 0 aromatic heterocycles. The molecule has 3 unspecified atom stereocenters. The SMILES string of the molecule is C1CC2CC1CC2N1CCN(C2CNC2)CC1. The van der Waals surface area contributed by atoms with Gasteiger partial charge < -0.3 is 5.32 Å². The fraction of sp³-hybridized carbons (Fsp3) is 1.00. The number of fused-ring (bicyclic) bond motifs is 2. The van der Waals surface area contributed by atoms with E-state index >= 15 is 0 Å². The van der Waals surface area contributed by atoms with Crippen molar-refractivity contribution in [3.8, 4) is 0 Å². The lowest BCUT2D eigenvalue weighted by atomic mass is 9.93. The third-order valence-corrected chi connectivity index (χ3v) is 5.79. The van der Waals surface area contributed by atoms with Gasteiger partial charge in [0, 0.05) is 51.4 Å². The Morgan fingerprint density at radius 3 is 2.12 bits per heavy atom. The van der Waals surface area contributed by atoms with Gasteiger partial charge in [-0.2, -0.15) is 0 Å². The van der Waals surface area contributed by atoms with Gasteiger partial charge in [0.15, 0.2) is 0 Å². The summed E-state index contributed by atoms with van der Waals surface area (Å²) in [4.78, 5) is 5.53. The van der Waals surface area contributed by atoms with E-state index in [0.717, 1.165) is 23.9 Å². The zero-order valence-corrected chi connectivity index (χ0v) is 10.8. The van der Waals surface area contributed by atoms with Gasteiger partial charge >= 0.3 is 0 Å². The first kappa shape index (κ1) is 10.8. The molecule has 2 bridgehead atoms. The Morgan fingerprint density at radius 2 is 1.59 bits per heavy atom. The molecule has 0 radical (unpaired) electrons. The van der Waals surface area contributed by atoms with E-state index in [0.29, 0.717) is 0 Å². The molecule has 0 amide bonds. The quantitative estimate of drug-likeness (QED) is 0.762. The summed E-state index contributed by atoms with van der Waals surface area (Å²) >= 11 is 0. The lowest BCUT2D eigenvalue weighted by molar-refractivity contribution is 0.0371. The van der Waals surface area contributed by atoms with Crippen LogP contribution in [0.2, 0.25) is 0 Å². The smallest absolute Gasteiger partial charge is 0.0346 e. The van der Waals surface area contributed by atoms with Crippen LogP contribution in [-0.2, 0) is 0 Å². The molecule has 1 N–H and O–H groups in total. The predicted octanol–water partition coefficient (Wildman–Crippen LogP) is 0.764. The van der Waals surface area contributed by atoms with Crippen LogP contribution in [0.15, 0.2) is 0 Å². The van der Waals surface area contributed by atoms with E-state index in [1.807, 2.05) is 0 Å². The van der Waals surface area contributed by atoms with E-state index in [1.165, 1.54) is 58.5 Å². The second-order valence-electron chi connectivity index (χ2n) is 6.63. The fourth-order valence-corrected chi connectivity index (χ4v) is 4.62. The Hall–Kier alpha value is -0.120. The maximum atomic E-state index is 3.39. The molecule has 4 aliphatic rings. The first-order valence-corrected chi connectivity index (χ1v) is 7.59. The van der Waals surface area contributed by atoms with Crippen molar-refractivity contribution in [1.29, 1.82) is 0 Å². The van der Waals surface area contributed by atoms with Gasteiger partial charge in [-0.05, 0) is 31.1 Å². The Labute approximate surface area is 105 Å². The molecule has 0 aromatic carbocycles. The minimum absolute atomic E-state index is 0.858. The van der Waals surface area contributed by atoms with Crippen molar-refractivity contribution in [2.24, 2.45) is 11.8 Å². The second kappa shape index (κ2) is 4.22. The Kier molecular flexibility index (Phi) is 2.67. The van der Waals surface area contributed by atoms with E-state index in [4.69, 9.17) is 0 Å². The number of nitrogens with one attached hydrogen (secondary N) is 1. The molecule has 3 atom stereocenters. The first-order valence-electron chi connectivity index (χ1n) is 7.59. The van der Waals surface area contributed by atoms with Gasteiger partial charge in [-0.3, -0.25) is 9.80 Å². The molecule has 4 fully saturated rings. The van der Waals surface area contributed by atoms with Gasteiger partial charge in [0.1, 0.15) is 0 Å². The molecule has 3 heteroatoms. The third kappa shape index (κ3) is 1.83. The first-order chi connectivity index (χ1) is 8.40. The van der Waals surface area contributed by atoms with Crippen molar-refractivity contribution in [3.63, 3.8) is 0 Å². The van der Waals surface area contributed by atoms with E-state index in [1.54, 1.807) is 6.42 Å². The second-order valence-corrected chi connectivity index (χ2v) is 6.63. The molecule has 0 aromatic rings. The number of nitrogens with zero attached hydrogens (tertiary/aromatic N) is 2. The summed E-state index contributed by atoms with van der Waals surface area (Å²) in [6, 6.07) is 1.83. The molecule has 2 aliphatic carbocycles. The van der Waals surface area contributed by atoms with Gasteiger partial charge in [-0.25, -0.2) is 0 Å². The molecule has 17 heavy (non-hydrogen) atoms. The highest BCUT2D eigenvalue weighted by atomic mass is 15.3. The summed E-state index contributed by atoms with van der Waals surface area (Å²) < 4.78 is 0. The molecule has 2 aliphatic heterocycles. The lowest BCUT2D eigenvalue weighted by Gasteiger charge is -2.46. The van der Waals surface area contributed by atoms with Gasteiger partial charge in [-0.15, -0.1) is 0 Å². The highest BCUT2D eigenvalue weighted by Gasteiger charge is 2.43. The predicted molar refractivity (Wildman–Crippen MR) is 69.0 cm³/mol. The highest BCUT2D eigenvalue weighted by Crippen LogP contribution is 2.46. The van der Waals surface area contributed by atoms with E-state index in [-0.39, 0.29) is 0 Å². The van der Waals surface area contributed by atoms with Crippen LogP contribution in [0.3, 0.4) is 0 Å². The van der Waals surface area contributed by atoms with Gasteiger partial charge in [0.2, 0.25) is 0 Å². The van der Waals surface area contributed by atoms with Crippen LogP contribution in [0.4, 0.5) is 0 Å². The van der Waals surface area contributed by atoms with Crippen LogP contribution < -0.4 is 5.32 Å². The summed E-state index contributed by atoms with van der Waals surface area (Å²) in [6.45, 7) is 7.78. The molecular weight excluding hydrogens is 210 g/mol. The number of hydrogen-bond acceptors (Lipinski definition) is 3. The Balaban J connectivity index is 1.33. The Morgan fingerprint density at radius 1 is 0.824 bits per heavy atom. The average Bonchev–Trinajstić information content (AvgIpc) is 2.89. The van der Waals surface area contributed by atoms with Crippen molar-refractivity contribution in [2.75, 3.05) is 39.3 Å². The Bertz CT molecular complexity index is 281. The molecule has 2 saturated carbocycles. The minimum Gasteiger partial charge on any atom is -0.314 e. The summed E-state index contributed by atoms with van der Waals surface area (Å²) in [5, 5.41) is 3.39. The van der Waals surface area contributed by atoms with Crippen molar-refractivity contribution < 1.29 is 0 Å². The maximum absolute atomic E-state index is 3.39. The van der Waals surface area contributed by atoms with Crippen molar-refractivity contribution in [2.45, 2.75) is 37.8 Å². The van der Waals surface area contributed by atoms with Crippen molar-refractivity contribution in [3.05, 3.63) is 0 Å². The standard InChI is InChI=1S/C14H25N3/c1-2-12-7-11(1)8-14(12)17-5-3-16(4-6-17)13-9-15-10-13/h11-15H,1-10H2. The van der Waals surface area contributed by atoms with Crippen LogP contribution in [0.1, 0.15) is 25.7 Å². The van der Waals surface area contributed by atoms with Crippen LogP contribution in [0.5, 0.6) is 0 Å². The van der Waals surface area contributed by atoms with Crippen molar-refractivity contribution in [1.82, 2.24) is 15.1 Å². The monoisotopic (exact) mass is 235 g/mol. The van der Waals surface area contributed by atoms with E-state index in [9.17, 15) is 0 Å². The van der Waals surface area contributed by atoms with Crippen LogP contribution in [0.25, 0.3) is 0 Å². The average molecular weight is 235 g/mol. The topological polar surface area (TPSA) is 18.5 Å². The minimum atomic E-state index is 0.858. The normalized spacial score (nSPS) is 44.1. The summed E-state index contributed by atoms with van der Waals surface area (Å²) in [5.74, 6) is 2.16. The summed E-state index contributed by atoms with van der Waals surface area (Å²) in [5.41, 5.74) is 0. The summed E-state index contributed by atoms with van der Waals surface area (Å²) in [7, 11) is 0. The maximum Gasteiger partial charge on any atom is 0.0346 e. The number of hydrogen-bond donors (Lipinski definition) is 1. The van der Waals surface area contributed by atoms with Crippen LogP contribution >= 0.6 is 0 Å². The van der Waals surface area contributed by atoms with E-state index in [2.05, 4.69) is 15.1 Å². The number of rotatable bonds is 2. The summed E-state index contributed by atoms with van der Waals surface area (Å²) in [6.07, 6.45) is 6.14. The van der Waals surface area contributed by atoms with Gasteiger partial charge in [0.25, 0.3) is 0 Å². The van der Waals surface area contributed by atoms with Crippen LogP contribution in [0, 0.1) is 11.8 Å². The molecule has 3 nitrogen and oxygen atoms in total. The molecular formula is C14H25N3. The van der Waals surface area contributed by atoms with Crippen LogP contribution in [-0.4, -0.2) is 61.2 Å². The van der Waals surface area contributed by atoms with Gasteiger partial charge in [-0.1, -0.05) is 6.42 Å². The zero-order valence-electron chi connectivity index (χ0n) is 10.8. The van der Waals surface area contributed by atoms with Crippen molar-refractivity contribution >= 4 is 0 Å². The molecule has 2 heterocycles. The fourth-order valence-electron chi connectivity index (χ4n) is 4.62.